The highest BCUT2D eigenvalue weighted by Crippen LogP contribution is 2.27. The first-order valence-corrected chi connectivity index (χ1v) is 12.1. The van der Waals surface area contributed by atoms with Gasteiger partial charge in [-0.3, -0.25) is 4.79 Å². The third-order valence-corrected chi connectivity index (χ3v) is 6.59. The number of morpholine rings is 1. The number of aliphatic hydroxyl groups is 1. The van der Waals surface area contributed by atoms with Gasteiger partial charge in [-0.2, -0.15) is 4.98 Å². The second-order valence-corrected chi connectivity index (χ2v) is 8.99. The number of hydrogen-bond donors (Lipinski definition) is 3. The van der Waals surface area contributed by atoms with E-state index in [9.17, 15) is 9.90 Å². The third-order valence-electron chi connectivity index (χ3n) is 6.30. The molecule has 2 aromatic rings. The normalized spacial score (nSPS) is 20.4. The van der Waals surface area contributed by atoms with E-state index in [1.165, 1.54) is 0 Å². The molecule has 0 spiro atoms. The second kappa shape index (κ2) is 11.8. The van der Waals surface area contributed by atoms with Gasteiger partial charge in [0.2, 0.25) is 5.95 Å². The largest absolute Gasteiger partial charge is 0.495 e. The maximum absolute atomic E-state index is 13.1. The minimum Gasteiger partial charge on any atom is -0.495 e. The quantitative estimate of drug-likeness (QED) is 0.434. The predicted octanol–water partition coefficient (Wildman–Crippen LogP) is 2.66. The van der Waals surface area contributed by atoms with Gasteiger partial charge in [-0.15, -0.1) is 0 Å². The molecule has 2 saturated heterocycles. The van der Waals surface area contributed by atoms with Crippen molar-refractivity contribution in [1.82, 2.24) is 15.3 Å². The smallest absolute Gasteiger partial charge is 0.227 e. The molecule has 0 radical (unpaired) electrons. The minimum absolute atomic E-state index is 0.00857. The molecule has 2 aliphatic heterocycles. The Morgan fingerprint density at radius 3 is 3.06 bits per heavy atom. The number of nitrogens with one attached hydrogen (secondary N) is 2. The Hall–Kier alpha value is -2.46. The number of rotatable bonds is 10. The molecule has 1 aromatic carbocycles. The maximum Gasteiger partial charge on any atom is 0.227 e. The van der Waals surface area contributed by atoms with E-state index < -0.39 is 0 Å². The molecular formula is C24H32ClN5O4. The first-order chi connectivity index (χ1) is 16.6. The number of ether oxygens (including phenoxy) is 2. The number of benzene rings is 1. The highest BCUT2D eigenvalue weighted by molar-refractivity contribution is 6.32. The lowest BCUT2D eigenvalue weighted by Crippen LogP contribution is -2.38. The van der Waals surface area contributed by atoms with Crippen LogP contribution in [0.3, 0.4) is 0 Å². The molecule has 4 rings (SSSR count). The number of carbonyl (C=O) groups excluding carboxylic acids is 1. The lowest BCUT2D eigenvalue weighted by molar-refractivity contribution is 0.0224. The Balaban J connectivity index is 1.52. The Labute approximate surface area is 204 Å². The van der Waals surface area contributed by atoms with E-state index in [2.05, 4.69) is 15.6 Å². The van der Waals surface area contributed by atoms with Crippen LogP contribution in [0.2, 0.25) is 5.02 Å². The van der Waals surface area contributed by atoms with E-state index in [1.54, 1.807) is 13.3 Å². The van der Waals surface area contributed by atoms with Crippen LogP contribution in [0.5, 0.6) is 5.75 Å². The first-order valence-electron chi connectivity index (χ1n) is 11.8. The van der Waals surface area contributed by atoms with Crippen molar-refractivity contribution < 1.29 is 19.4 Å². The van der Waals surface area contributed by atoms with E-state index in [1.807, 2.05) is 23.1 Å². The van der Waals surface area contributed by atoms with E-state index in [4.69, 9.17) is 26.1 Å². The molecule has 0 bridgehead atoms. The zero-order valence-electron chi connectivity index (χ0n) is 19.4. The van der Waals surface area contributed by atoms with E-state index >= 15 is 0 Å². The molecule has 2 atom stereocenters. The van der Waals surface area contributed by atoms with Crippen LogP contribution < -0.4 is 20.3 Å². The van der Waals surface area contributed by atoms with Gasteiger partial charge in [0.05, 0.1) is 43.1 Å². The van der Waals surface area contributed by atoms with Crippen LogP contribution >= 0.6 is 11.6 Å². The molecule has 3 N–H and O–H groups in total. The number of Topliss-reactive ketones (excluding diaryl/α,β-unsaturated/α-hetero) is 1. The minimum atomic E-state index is -0.0314. The number of halogens is 1. The van der Waals surface area contributed by atoms with Crippen molar-refractivity contribution in [2.24, 2.45) is 0 Å². The molecule has 1 aromatic heterocycles. The standard InChI is InChI=1S/C24H32ClN5O4/c1-33-22-7-4-16(11-20(22)25)12-27-23-19(21(32)6-5-18-13-26-8-10-34-18)14-28-24(29-23)30-9-2-3-17(30)15-31/h4,7,11,14,17-18,26,31H,2-3,5-6,8-10,12-13,15H2,1H3,(H,27,28,29)/t17?,18-/m0/s1. The number of hydrogen-bond acceptors (Lipinski definition) is 9. The van der Waals surface area contributed by atoms with Crippen molar-refractivity contribution in [3.63, 3.8) is 0 Å². The molecule has 0 saturated carbocycles. The zero-order valence-corrected chi connectivity index (χ0v) is 20.2. The number of aliphatic hydroxyl groups excluding tert-OH is 1. The van der Waals surface area contributed by atoms with Crippen LogP contribution in [0.25, 0.3) is 0 Å². The van der Waals surface area contributed by atoms with Gasteiger partial charge in [0.25, 0.3) is 0 Å². The van der Waals surface area contributed by atoms with Crippen molar-refractivity contribution in [3.05, 3.63) is 40.5 Å². The average molecular weight is 490 g/mol. The number of nitrogens with zero attached hydrogens (tertiary/aromatic N) is 3. The van der Waals surface area contributed by atoms with Crippen molar-refractivity contribution >= 4 is 29.2 Å². The Morgan fingerprint density at radius 1 is 1.44 bits per heavy atom. The molecular weight excluding hydrogens is 458 g/mol. The highest BCUT2D eigenvalue weighted by Gasteiger charge is 2.27. The van der Waals surface area contributed by atoms with Crippen LogP contribution in [0.1, 0.15) is 41.6 Å². The van der Waals surface area contributed by atoms with Crippen LogP contribution in [0.4, 0.5) is 11.8 Å². The molecule has 1 unspecified atom stereocenters. The summed E-state index contributed by atoms with van der Waals surface area (Å²) in [5.74, 6) is 1.57. The molecule has 2 aliphatic rings. The van der Waals surface area contributed by atoms with Gasteiger partial charge in [0.15, 0.2) is 5.78 Å². The van der Waals surface area contributed by atoms with Gasteiger partial charge < -0.3 is 30.1 Å². The van der Waals surface area contributed by atoms with Crippen LogP contribution in [-0.2, 0) is 11.3 Å². The van der Waals surface area contributed by atoms with Crippen LogP contribution in [0, 0.1) is 0 Å². The van der Waals surface area contributed by atoms with Crippen molar-refractivity contribution in [1.29, 1.82) is 0 Å². The summed E-state index contributed by atoms with van der Waals surface area (Å²) in [6.07, 6.45) is 4.48. The van der Waals surface area contributed by atoms with Gasteiger partial charge in [-0.1, -0.05) is 17.7 Å². The molecule has 184 valence electrons. The second-order valence-electron chi connectivity index (χ2n) is 8.59. The molecule has 2 fully saturated rings. The molecule has 9 nitrogen and oxygen atoms in total. The van der Waals surface area contributed by atoms with Gasteiger partial charge in [-0.05, 0) is 37.0 Å². The molecule has 10 heteroatoms. The van der Waals surface area contributed by atoms with Gasteiger partial charge in [0, 0.05) is 38.8 Å². The van der Waals surface area contributed by atoms with E-state index in [0.717, 1.165) is 38.0 Å². The Morgan fingerprint density at radius 2 is 2.32 bits per heavy atom. The fraction of sp³-hybridized carbons (Fsp3) is 0.542. The summed E-state index contributed by atoms with van der Waals surface area (Å²) in [6.45, 7) is 3.51. The van der Waals surface area contributed by atoms with Gasteiger partial charge >= 0.3 is 0 Å². The number of ketones is 1. The molecule has 3 heterocycles. The average Bonchev–Trinajstić information content (AvgIpc) is 3.35. The lowest BCUT2D eigenvalue weighted by atomic mass is 10.1. The number of aromatic nitrogens is 2. The maximum atomic E-state index is 13.1. The van der Waals surface area contributed by atoms with Crippen molar-refractivity contribution in [2.75, 3.05) is 50.2 Å². The Kier molecular flexibility index (Phi) is 8.55. The predicted molar refractivity (Wildman–Crippen MR) is 131 cm³/mol. The number of anilines is 2. The number of methoxy groups -OCH3 is 1. The van der Waals surface area contributed by atoms with Crippen LogP contribution in [0.15, 0.2) is 24.4 Å². The zero-order chi connectivity index (χ0) is 23.9. The van der Waals surface area contributed by atoms with Crippen LogP contribution in [-0.4, -0.2) is 73.0 Å². The summed E-state index contributed by atoms with van der Waals surface area (Å²) < 4.78 is 11.0. The fourth-order valence-corrected chi connectivity index (χ4v) is 4.66. The molecule has 0 aliphatic carbocycles. The first kappa shape index (κ1) is 24.7. The monoisotopic (exact) mass is 489 g/mol. The third kappa shape index (κ3) is 5.96. The Bertz CT molecular complexity index is 986. The van der Waals surface area contributed by atoms with Gasteiger partial charge in [0.1, 0.15) is 11.6 Å². The topological polar surface area (TPSA) is 109 Å². The summed E-state index contributed by atoms with van der Waals surface area (Å²) in [5.41, 5.74) is 1.38. The summed E-state index contributed by atoms with van der Waals surface area (Å²) >= 11 is 6.27. The van der Waals surface area contributed by atoms with E-state index in [0.29, 0.717) is 54.1 Å². The summed E-state index contributed by atoms with van der Waals surface area (Å²) in [4.78, 5) is 24.3. The SMILES string of the molecule is COc1ccc(CNc2nc(N3CCCC3CO)ncc2C(=O)CC[C@H]2CNCCO2)cc1Cl. The van der Waals surface area contributed by atoms with Gasteiger partial charge in [-0.25, -0.2) is 4.98 Å². The highest BCUT2D eigenvalue weighted by atomic mass is 35.5. The number of carbonyl (C=O) groups is 1. The summed E-state index contributed by atoms with van der Waals surface area (Å²) in [5, 5.41) is 16.8. The fourth-order valence-electron chi connectivity index (χ4n) is 4.38. The molecule has 34 heavy (non-hydrogen) atoms. The van der Waals surface area contributed by atoms with Crippen molar-refractivity contribution in [2.45, 2.75) is 44.4 Å². The molecule has 0 amide bonds. The summed E-state index contributed by atoms with van der Waals surface area (Å²) in [6, 6.07) is 5.54. The van der Waals surface area contributed by atoms with E-state index in [-0.39, 0.29) is 24.5 Å². The lowest BCUT2D eigenvalue weighted by Gasteiger charge is -2.24. The van der Waals surface area contributed by atoms with Crippen molar-refractivity contribution in [3.8, 4) is 5.75 Å². The summed E-state index contributed by atoms with van der Waals surface area (Å²) in [7, 11) is 1.58.